The Bertz CT molecular complexity index is 791. The van der Waals surface area contributed by atoms with Crippen LogP contribution in [0.3, 0.4) is 0 Å². The summed E-state index contributed by atoms with van der Waals surface area (Å²) in [5, 5.41) is 6.92. The summed E-state index contributed by atoms with van der Waals surface area (Å²) in [5.74, 6) is 1.99. The highest BCUT2D eigenvalue weighted by Crippen LogP contribution is 2.31. The highest BCUT2D eigenvalue weighted by molar-refractivity contribution is 5.64. The molecule has 1 aliphatic rings. The lowest BCUT2D eigenvalue weighted by molar-refractivity contribution is 0.857. The number of nitrogens with zero attached hydrogens (tertiary/aromatic N) is 3. The maximum Gasteiger partial charge on any atom is 0.133 e. The Hall–Kier alpha value is -2.69. The van der Waals surface area contributed by atoms with Crippen molar-refractivity contribution >= 4 is 30.1 Å². The summed E-state index contributed by atoms with van der Waals surface area (Å²) in [6.45, 7) is 9.86. The summed E-state index contributed by atoms with van der Waals surface area (Å²) < 4.78 is 0. The molecule has 2 N–H and O–H groups in total. The summed E-state index contributed by atoms with van der Waals surface area (Å²) >= 11 is 0. The zero-order valence-electron chi connectivity index (χ0n) is 15.1. The predicted molar refractivity (Wildman–Crippen MR) is 106 cm³/mol. The van der Waals surface area contributed by atoms with E-state index in [0.29, 0.717) is 12.0 Å². The van der Waals surface area contributed by atoms with E-state index in [2.05, 4.69) is 52.2 Å². The highest BCUT2D eigenvalue weighted by Gasteiger charge is 2.22. The number of aliphatic imine (C=N–C) groups is 1. The summed E-state index contributed by atoms with van der Waals surface area (Å²) in [7, 11) is 0. The Balaban J connectivity index is 1.84. The van der Waals surface area contributed by atoms with Crippen molar-refractivity contribution in [3.8, 4) is 0 Å². The molecule has 1 saturated carbocycles. The number of rotatable bonds is 7. The molecule has 5 heteroatoms. The fourth-order valence-electron chi connectivity index (χ4n) is 2.60. The molecule has 0 aromatic carbocycles. The minimum absolute atomic E-state index is 0.434. The second kappa shape index (κ2) is 7.47. The maximum atomic E-state index is 4.62. The van der Waals surface area contributed by atoms with E-state index in [-0.39, 0.29) is 0 Å². The summed E-state index contributed by atoms with van der Waals surface area (Å²) in [4.78, 5) is 12.9. The third-order valence-corrected chi connectivity index (χ3v) is 4.22. The monoisotopic (exact) mass is 335 g/mol. The molecule has 1 aliphatic carbocycles. The average molecular weight is 335 g/mol. The van der Waals surface area contributed by atoms with Gasteiger partial charge in [-0.05, 0) is 55.7 Å². The first-order valence-corrected chi connectivity index (χ1v) is 8.70. The topological polar surface area (TPSA) is 62.2 Å². The van der Waals surface area contributed by atoms with Gasteiger partial charge in [-0.3, -0.25) is 4.99 Å². The van der Waals surface area contributed by atoms with Crippen LogP contribution in [0.2, 0.25) is 0 Å². The van der Waals surface area contributed by atoms with E-state index in [1.807, 2.05) is 31.3 Å². The van der Waals surface area contributed by atoms with Gasteiger partial charge in [0, 0.05) is 30.2 Å². The lowest BCUT2D eigenvalue weighted by atomic mass is 10.0. The normalized spacial score (nSPS) is 14.1. The number of aryl methyl sites for hydroxylation is 1. The van der Waals surface area contributed by atoms with Crippen LogP contribution in [0.1, 0.15) is 49.4 Å². The Morgan fingerprint density at radius 1 is 1.28 bits per heavy atom. The van der Waals surface area contributed by atoms with E-state index < -0.39 is 0 Å². The molecular formula is C20H25N5. The van der Waals surface area contributed by atoms with Crippen LogP contribution in [0.15, 0.2) is 35.6 Å². The minimum Gasteiger partial charge on any atom is -0.382 e. The molecule has 25 heavy (non-hydrogen) atoms. The van der Waals surface area contributed by atoms with E-state index in [0.717, 1.165) is 28.6 Å². The molecule has 2 heterocycles. The number of hydrogen-bond acceptors (Lipinski definition) is 5. The van der Waals surface area contributed by atoms with Crippen molar-refractivity contribution in [3.05, 3.63) is 47.4 Å². The maximum absolute atomic E-state index is 4.62. The van der Waals surface area contributed by atoms with Crippen LogP contribution in [0.25, 0.3) is 6.08 Å². The zero-order valence-corrected chi connectivity index (χ0v) is 15.1. The van der Waals surface area contributed by atoms with Crippen LogP contribution >= 0.6 is 0 Å². The van der Waals surface area contributed by atoms with Gasteiger partial charge in [0.1, 0.15) is 11.6 Å². The van der Waals surface area contributed by atoms with Crippen LogP contribution in [0.5, 0.6) is 0 Å². The first kappa shape index (κ1) is 17.1. The van der Waals surface area contributed by atoms with Gasteiger partial charge in [0.25, 0.3) is 0 Å². The van der Waals surface area contributed by atoms with E-state index in [9.17, 15) is 0 Å². The van der Waals surface area contributed by atoms with Crippen molar-refractivity contribution in [1.29, 1.82) is 0 Å². The number of aromatic nitrogens is 2. The highest BCUT2D eigenvalue weighted by atomic mass is 15.1. The molecule has 0 spiro atoms. The smallest absolute Gasteiger partial charge is 0.133 e. The number of nitrogens with one attached hydrogen (secondary N) is 2. The van der Waals surface area contributed by atoms with E-state index in [1.54, 1.807) is 6.20 Å². The van der Waals surface area contributed by atoms with Gasteiger partial charge in [0.2, 0.25) is 0 Å². The van der Waals surface area contributed by atoms with Crippen LogP contribution < -0.4 is 10.6 Å². The standard InChI is InChI=1S/C20H25N5/c1-13(2)16-12-22-20(11-18(16)23-15-6-7-15)25-19-8-5-14(3)17(24-19)9-10-21-4/h5,8-13,15H,4,6-7H2,1-3H3,(H2,22,23,24,25)/b10-9-. The first-order valence-electron chi connectivity index (χ1n) is 8.70. The van der Waals surface area contributed by atoms with Crippen LogP contribution in [0.4, 0.5) is 17.3 Å². The third kappa shape index (κ3) is 4.44. The summed E-state index contributed by atoms with van der Waals surface area (Å²) in [6.07, 6.45) is 7.94. The lowest BCUT2D eigenvalue weighted by Gasteiger charge is -2.16. The Morgan fingerprint density at radius 3 is 2.76 bits per heavy atom. The number of pyridine rings is 2. The Morgan fingerprint density at radius 2 is 2.08 bits per heavy atom. The molecule has 1 fully saturated rings. The van der Waals surface area contributed by atoms with Gasteiger partial charge in [-0.2, -0.15) is 0 Å². The van der Waals surface area contributed by atoms with Crippen LogP contribution in [-0.2, 0) is 0 Å². The SMILES string of the molecule is C=N/C=C\c1nc(Nc2cc(NC3CC3)c(C(C)C)cn2)ccc1C. The largest absolute Gasteiger partial charge is 0.382 e. The Kier molecular flexibility index (Phi) is 5.12. The second-order valence-corrected chi connectivity index (χ2v) is 6.75. The molecule has 0 radical (unpaired) electrons. The van der Waals surface area contributed by atoms with Crippen molar-refractivity contribution in [1.82, 2.24) is 9.97 Å². The van der Waals surface area contributed by atoms with Gasteiger partial charge in [0.05, 0.1) is 5.69 Å². The molecule has 2 aromatic heterocycles. The molecule has 0 saturated heterocycles. The predicted octanol–water partition coefficient (Wildman–Crippen LogP) is 4.90. The molecule has 0 unspecified atom stereocenters. The number of anilines is 3. The van der Waals surface area contributed by atoms with Gasteiger partial charge in [-0.1, -0.05) is 19.9 Å². The second-order valence-electron chi connectivity index (χ2n) is 6.75. The van der Waals surface area contributed by atoms with Gasteiger partial charge in [-0.25, -0.2) is 9.97 Å². The fraction of sp³-hybridized carbons (Fsp3) is 0.350. The molecule has 0 aliphatic heterocycles. The minimum atomic E-state index is 0.434. The molecule has 0 bridgehead atoms. The molecule has 130 valence electrons. The van der Waals surface area contributed by atoms with E-state index in [1.165, 1.54) is 18.4 Å². The van der Waals surface area contributed by atoms with Crippen LogP contribution in [-0.4, -0.2) is 22.7 Å². The van der Waals surface area contributed by atoms with Crippen molar-refractivity contribution in [3.63, 3.8) is 0 Å². The van der Waals surface area contributed by atoms with Gasteiger partial charge < -0.3 is 10.6 Å². The molecular weight excluding hydrogens is 310 g/mol. The quantitative estimate of drug-likeness (QED) is 0.707. The fourth-order valence-corrected chi connectivity index (χ4v) is 2.60. The summed E-state index contributed by atoms with van der Waals surface area (Å²) in [5.41, 5.74) is 4.37. The average Bonchev–Trinajstić information content (AvgIpc) is 3.39. The van der Waals surface area contributed by atoms with Gasteiger partial charge >= 0.3 is 0 Å². The molecule has 0 amide bonds. The van der Waals surface area contributed by atoms with E-state index in [4.69, 9.17) is 0 Å². The number of hydrogen-bond donors (Lipinski definition) is 2. The molecule has 3 rings (SSSR count). The first-order chi connectivity index (χ1) is 12.1. The molecule has 0 atom stereocenters. The third-order valence-electron chi connectivity index (χ3n) is 4.22. The molecule has 2 aromatic rings. The lowest BCUT2D eigenvalue weighted by Crippen LogP contribution is -2.07. The molecule has 5 nitrogen and oxygen atoms in total. The van der Waals surface area contributed by atoms with E-state index >= 15 is 0 Å². The van der Waals surface area contributed by atoms with Crippen LogP contribution in [0, 0.1) is 6.92 Å². The van der Waals surface area contributed by atoms with Crippen molar-refractivity contribution in [2.24, 2.45) is 4.99 Å². The summed E-state index contributed by atoms with van der Waals surface area (Å²) in [6, 6.07) is 6.67. The Labute approximate surface area is 149 Å². The van der Waals surface area contributed by atoms with Crippen molar-refractivity contribution < 1.29 is 0 Å². The zero-order chi connectivity index (χ0) is 17.8. The van der Waals surface area contributed by atoms with Crippen molar-refractivity contribution in [2.45, 2.75) is 45.6 Å². The van der Waals surface area contributed by atoms with Gasteiger partial charge in [0.15, 0.2) is 0 Å². The van der Waals surface area contributed by atoms with Crippen molar-refractivity contribution in [2.75, 3.05) is 10.6 Å². The van der Waals surface area contributed by atoms with Gasteiger partial charge in [-0.15, -0.1) is 0 Å².